The van der Waals surface area contributed by atoms with Crippen LogP contribution in [0, 0.1) is 6.92 Å². The van der Waals surface area contributed by atoms with Crippen molar-refractivity contribution in [1.82, 2.24) is 4.90 Å². The molecule has 0 aliphatic heterocycles. The highest BCUT2D eigenvalue weighted by Crippen LogP contribution is 2.22. The van der Waals surface area contributed by atoms with E-state index in [1.165, 1.54) is 6.07 Å². The van der Waals surface area contributed by atoms with Crippen molar-refractivity contribution in [2.45, 2.75) is 33.4 Å². The first-order valence-electron chi connectivity index (χ1n) is 10.00. The molecule has 0 unspecified atom stereocenters. The third-order valence-corrected chi connectivity index (χ3v) is 4.78. The van der Waals surface area contributed by atoms with Crippen LogP contribution in [0.1, 0.15) is 25.0 Å². The second-order valence-corrected chi connectivity index (χ2v) is 7.46. The van der Waals surface area contributed by atoms with Crippen molar-refractivity contribution < 1.29 is 23.5 Å². The van der Waals surface area contributed by atoms with Gasteiger partial charge in [-0.15, -0.1) is 0 Å². The molecule has 0 aliphatic rings. The van der Waals surface area contributed by atoms with Gasteiger partial charge >= 0.3 is 11.6 Å². The van der Waals surface area contributed by atoms with Crippen molar-refractivity contribution in [1.29, 1.82) is 0 Å². The molecule has 0 saturated carbocycles. The van der Waals surface area contributed by atoms with Crippen LogP contribution in [0.5, 0.6) is 5.75 Å². The highest BCUT2D eigenvalue weighted by atomic mass is 16.6. The maximum atomic E-state index is 12.5. The Morgan fingerprint density at radius 1 is 1.03 bits per heavy atom. The molecular formula is C24H25NO6. The molecule has 2 aromatic carbocycles. The molecule has 0 radical (unpaired) electrons. The van der Waals surface area contributed by atoms with Gasteiger partial charge in [-0.05, 0) is 44.0 Å². The zero-order valence-electron chi connectivity index (χ0n) is 17.8. The number of amides is 1. The summed E-state index contributed by atoms with van der Waals surface area (Å²) < 4.78 is 15.7. The van der Waals surface area contributed by atoms with E-state index in [2.05, 4.69) is 0 Å². The van der Waals surface area contributed by atoms with Crippen LogP contribution in [0.2, 0.25) is 0 Å². The van der Waals surface area contributed by atoms with Gasteiger partial charge in [-0.3, -0.25) is 4.79 Å². The average molecular weight is 423 g/mol. The molecule has 0 fully saturated rings. The summed E-state index contributed by atoms with van der Waals surface area (Å²) in [6.45, 7) is 5.34. The summed E-state index contributed by atoms with van der Waals surface area (Å²) in [5, 5.41) is 0.785. The summed E-state index contributed by atoms with van der Waals surface area (Å²) in [6.07, 6.45) is 0. The highest BCUT2D eigenvalue weighted by molar-refractivity contribution is 5.82. The SMILES string of the molecule is Cc1cc(=O)oc2cc(OCC(=O)OCC(=O)N(Cc3ccccc3)C(C)C)ccc12. The number of rotatable bonds is 8. The van der Waals surface area contributed by atoms with Crippen molar-refractivity contribution in [2.24, 2.45) is 0 Å². The van der Waals surface area contributed by atoms with Crippen LogP contribution in [0.4, 0.5) is 0 Å². The molecule has 3 aromatic rings. The van der Waals surface area contributed by atoms with Gasteiger partial charge in [-0.25, -0.2) is 9.59 Å². The average Bonchev–Trinajstić information content (AvgIpc) is 2.74. The normalized spacial score (nSPS) is 10.8. The summed E-state index contributed by atoms with van der Waals surface area (Å²) in [5.74, 6) is -0.588. The maximum absolute atomic E-state index is 12.5. The van der Waals surface area contributed by atoms with E-state index in [4.69, 9.17) is 13.9 Å². The largest absolute Gasteiger partial charge is 0.482 e. The van der Waals surface area contributed by atoms with Crippen LogP contribution in [-0.4, -0.2) is 36.0 Å². The third kappa shape index (κ3) is 5.94. The first-order valence-corrected chi connectivity index (χ1v) is 10.00. The fraction of sp³-hybridized carbons (Fsp3) is 0.292. The second kappa shape index (κ2) is 9.93. The molecule has 162 valence electrons. The number of carbonyl (C=O) groups is 2. The van der Waals surface area contributed by atoms with Gasteiger partial charge < -0.3 is 18.8 Å². The lowest BCUT2D eigenvalue weighted by Gasteiger charge is -2.26. The van der Waals surface area contributed by atoms with E-state index in [9.17, 15) is 14.4 Å². The Bertz CT molecular complexity index is 1120. The Morgan fingerprint density at radius 2 is 1.77 bits per heavy atom. The number of carbonyl (C=O) groups excluding carboxylic acids is 2. The second-order valence-electron chi connectivity index (χ2n) is 7.46. The van der Waals surface area contributed by atoms with E-state index in [1.54, 1.807) is 23.1 Å². The van der Waals surface area contributed by atoms with Crippen molar-refractivity contribution >= 4 is 22.8 Å². The Hall–Kier alpha value is -3.61. The van der Waals surface area contributed by atoms with Crippen LogP contribution in [0.25, 0.3) is 11.0 Å². The predicted octanol–water partition coefficient (Wildman–Crippen LogP) is 3.46. The van der Waals surface area contributed by atoms with Gasteiger partial charge in [0.05, 0.1) is 0 Å². The third-order valence-electron chi connectivity index (χ3n) is 4.78. The van der Waals surface area contributed by atoms with Gasteiger partial charge in [0.2, 0.25) is 0 Å². The van der Waals surface area contributed by atoms with Gasteiger partial charge in [0.1, 0.15) is 11.3 Å². The van der Waals surface area contributed by atoms with E-state index in [-0.39, 0.29) is 25.2 Å². The van der Waals surface area contributed by atoms with E-state index in [1.807, 2.05) is 51.1 Å². The van der Waals surface area contributed by atoms with Crippen molar-refractivity contribution in [3.8, 4) is 5.75 Å². The van der Waals surface area contributed by atoms with E-state index in [0.717, 1.165) is 16.5 Å². The van der Waals surface area contributed by atoms with Crippen LogP contribution in [-0.2, 0) is 20.9 Å². The minimum atomic E-state index is -0.664. The fourth-order valence-electron chi connectivity index (χ4n) is 3.14. The molecule has 0 atom stereocenters. The molecule has 0 aliphatic carbocycles. The molecule has 0 N–H and O–H groups in total. The van der Waals surface area contributed by atoms with E-state index < -0.39 is 11.6 Å². The summed E-state index contributed by atoms with van der Waals surface area (Å²) in [6, 6.07) is 16.0. The Morgan fingerprint density at radius 3 is 2.48 bits per heavy atom. The van der Waals surface area contributed by atoms with Crippen LogP contribution >= 0.6 is 0 Å². The summed E-state index contributed by atoms with van der Waals surface area (Å²) in [4.78, 5) is 37.8. The Kier molecular flexibility index (Phi) is 7.07. The molecule has 1 amide bonds. The van der Waals surface area contributed by atoms with Gasteiger partial charge in [0.25, 0.3) is 5.91 Å². The highest BCUT2D eigenvalue weighted by Gasteiger charge is 2.19. The van der Waals surface area contributed by atoms with Crippen molar-refractivity contribution in [3.63, 3.8) is 0 Å². The first-order chi connectivity index (χ1) is 14.8. The summed E-state index contributed by atoms with van der Waals surface area (Å²) in [7, 11) is 0. The van der Waals surface area contributed by atoms with E-state index in [0.29, 0.717) is 17.9 Å². The van der Waals surface area contributed by atoms with Crippen molar-refractivity contribution in [2.75, 3.05) is 13.2 Å². The number of hydrogen-bond acceptors (Lipinski definition) is 6. The number of nitrogens with zero attached hydrogens (tertiary/aromatic N) is 1. The van der Waals surface area contributed by atoms with E-state index >= 15 is 0 Å². The molecule has 3 rings (SSSR count). The molecule has 7 nitrogen and oxygen atoms in total. The van der Waals surface area contributed by atoms with Crippen molar-refractivity contribution in [3.05, 3.63) is 76.1 Å². The van der Waals surface area contributed by atoms with Gasteiger partial charge in [-0.2, -0.15) is 0 Å². The summed E-state index contributed by atoms with van der Waals surface area (Å²) >= 11 is 0. The predicted molar refractivity (Wildman–Crippen MR) is 116 cm³/mol. The standard InChI is InChI=1S/C24H25NO6/c1-16(2)25(13-18-7-5-4-6-8-18)22(26)14-30-24(28)15-29-19-9-10-20-17(3)11-23(27)31-21(20)12-19/h4-12,16H,13-15H2,1-3H3. The topological polar surface area (TPSA) is 86.0 Å². The van der Waals surface area contributed by atoms with Crippen LogP contribution < -0.4 is 10.4 Å². The lowest BCUT2D eigenvalue weighted by molar-refractivity contribution is -0.154. The number of esters is 1. The molecule has 0 bridgehead atoms. The minimum Gasteiger partial charge on any atom is -0.482 e. The zero-order valence-corrected chi connectivity index (χ0v) is 17.8. The van der Waals surface area contributed by atoms with Gasteiger partial charge in [-0.1, -0.05) is 30.3 Å². The monoisotopic (exact) mass is 423 g/mol. The number of benzene rings is 2. The van der Waals surface area contributed by atoms with Crippen LogP contribution in [0.3, 0.4) is 0 Å². The molecule has 31 heavy (non-hydrogen) atoms. The zero-order chi connectivity index (χ0) is 22.4. The lowest BCUT2D eigenvalue weighted by atomic mass is 10.1. The maximum Gasteiger partial charge on any atom is 0.344 e. The molecular weight excluding hydrogens is 398 g/mol. The smallest absolute Gasteiger partial charge is 0.344 e. The number of aryl methyl sites for hydroxylation is 1. The molecule has 1 heterocycles. The molecule has 7 heteroatoms. The molecule has 0 saturated heterocycles. The lowest BCUT2D eigenvalue weighted by Crippen LogP contribution is -2.39. The van der Waals surface area contributed by atoms with Gasteiger partial charge in [0, 0.05) is 30.1 Å². The Balaban J connectivity index is 1.54. The quantitative estimate of drug-likeness (QED) is 0.407. The summed E-state index contributed by atoms with van der Waals surface area (Å²) in [5.41, 5.74) is 1.71. The molecule has 1 aromatic heterocycles. The van der Waals surface area contributed by atoms with Crippen LogP contribution in [0.15, 0.2) is 63.8 Å². The Labute approximate surface area is 180 Å². The number of fused-ring (bicyclic) bond motifs is 1. The molecule has 0 spiro atoms. The first kappa shape index (κ1) is 22.1. The van der Waals surface area contributed by atoms with Gasteiger partial charge in [0.15, 0.2) is 13.2 Å². The fourth-order valence-corrected chi connectivity index (χ4v) is 3.14. The minimum absolute atomic E-state index is 0.0432. The number of ether oxygens (including phenoxy) is 2. The number of hydrogen-bond donors (Lipinski definition) is 0.